The van der Waals surface area contributed by atoms with E-state index in [9.17, 15) is 28.1 Å². The van der Waals surface area contributed by atoms with Crippen molar-refractivity contribution in [2.75, 3.05) is 6.54 Å². The molecule has 1 saturated carbocycles. The zero-order chi connectivity index (χ0) is 27.5. The summed E-state index contributed by atoms with van der Waals surface area (Å²) >= 11 is 0. The van der Waals surface area contributed by atoms with E-state index in [2.05, 4.69) is 16.0 Å². The number of benzene rings is 2. The van der Waals surface area contributed by atoms with Crippen molar-refractivity contribution in [1.29, 1.82) is 5.41 Å². The van der Waals surface area contributed by atoms with Crippen LogP contribution >= 0.6 is 0 Å². The summed E-state index contributed by atoms with van der Waals surface area (Å²) in [5.74, 6) is -1.92. The first kappa shape index (κ1) is 29.8. The predicted octanol–water partition coefficient (Wildman–Crippen LogP) is -0.224. The molecule has 0 aliphatic heterocycles. The van der Waals surface area contributed by atoms with Crippen molar-refractivity contribution < 1.29 is 32.6 Å². The summed E-state index contributed by atoms with van der Waals surface area (Å²) in [4.78, 5) is 25.0. The normalized spacial score (nSPS) is 14.2. The summed E-state index contributed by atoms with van der Waals surface area (Å²) in [5, 5.41) is 34.0. The summed E-state index contributed by atoms with van der Waals surface area (Å²) in [7, 11) is -5.74. The van der Waals surface area contributed by atoms with Crippen LogP contribution in [-0.2, 0) is 26.3 Å². The smallest absolute Gasteiger partial charge is 0.426 e. The van der Waals surface area contributed by atoms with Gasteiger partial charge in [0, 0.05) is 13.1 Å². The number of nitrogens with two attached hydrogens (primary N) is 1. The quantitative estimate of drug-likeness (QED) is 0.0478. The minimum absolute atomic E-state index is 0.0741. The third-order valence-corrected chi connectivity index (χ3v) is 6.51. The Morgan fingerprint density at radius 2 is 1.57 bits per heavy atom. The number of amides is 2. The first-order chi connectivity index (χ1) is 17.5. The molecule has 0 radical (unpaired) electrons. The zero-order valence-corrected chi connectivity index (χ0v) is 20.9. The maximum absolute atomic E-state index is 12.6. The van der Waals surface area contributed by atoms with Crippen LogP contribution in [0, 0.1) is 10.8 Å². The average Bonchev–Trinajstić information content (AvgIpc) is 3.67. The number of hydrogen-bond donors (Lipinski definition) is 8. The second-order valence-corrected chi connectivity index (χ2v) is 9.94. The molecule has 0 saturated heterocycles. The number of carbonyl (C=O) groups excluding carboxylic acids is 2. The van der Waals surface area contributed by atoms with Crippen molar-refractivity contribution in [2.45, 2.75) is 43.1 Å². The van der Waals surface area contributed by atoms with Crippen LogP contribution in [0.5, 0.6) is 0 Å². The fraction of sp³-hybridized carbons (Fsp3) is 0.348. The molecule has 0 heterocycles. The minimum Gasteiger partial charge on any atom is -0.426 e. The van der Waals surface area contributed by atoms with Crippen molar-refractivity contribution in [3.05, 3.63) is 66.2 Å². The average molecular weight is 533 g/mol. The zero-order valence-electron chi connectivity index (χ0n) is 20.1. The van der Waals surface area contributed by atoms with Gasteiger partial charge in [0.25, 0.3) is 10.1 Å². The predicted molar refractivity (Wildman–Crippen MR) is 137 cm³/mol. The summed E-state index contributed by atoms with van der Waals surface area (Å²) in [6.45, 7) is 0.703. The maximum Gasteiger partial charge on any atom is 0.475 e. The van der Waals surface area contributed by atoms with Crippen molar-refractivity contribution in [1.82, 2.24) is 16.0 Å². The standard InChI is InChI=1S/C17H26BN5O4.C6H6O3S/c19-16(20)21-10-4-7-13(18(26)27)23-15(25)17(8-9-17)14(24)22-11-12-5-2-1-3-6-12;7-10(8,9)6-4-2-1-3-5-6/h1-3,5-6,13,26-27H,4,7-11H2,(H,22,24)(H,23,25)(H4,19,20,21);1-5H,(H,7,8,9)/t13-;/m0./s1. The summed E-state index contributed by atoms with van der Waals surface area (Å²) in [6.07, 6.45) is 1.60. The molecule has 2 aromatic rings. The molecule has 1 atom stereocenters. The van der Waals surface area contributed by atoms with Crippen LogP contribution in [0.3, 0.4) is 0 Å². The SMILES string of the molecule is N=C(N)NCCC[C@H](NC(=O)C1(C(=O)NCc2ccccc2)CC1)B(O)O.O=S(=O)(O)c1ccccc1. The Kier molecular flexibility index (Phi) is 11.1. The summed E-state index contributed by atoms with van der Waals surface area (Å²) < 4.78 is 29.2. The molecule has 0 bridgehead atoms. The molecule has 0 spiro atoms. The summed E-state index contributed by atoms with van der Waals surface area (Å²) in [5.41, 5.74) is 4.97. The second kappa shape index (κ2) is 13.7. The third-order valence-electron chi connectivity index (χ3n) is 5.64. The molecular weight excluding hydrogens is 501 g/mol. The van der Waals surface area contributed by atoms with E-state index < -0.39 is 34.5 Å². The molecule has 0 unspecified atom stereocenters. The molecule has 0 aromatic heterocycles. The van der Waals surface area contributed by atoms with Crippen LogP contribution < -0.4 is 21.7 Å². The molecule has 9 N–H and O–H groups in total. The van der Waals surface area contributed by atoms with E-state index >= 15 is 0 Å². The second-order valence-electron chi connectivity index (χ2n) is 8.51. The topological polar surface area (TPSA) is 215 Å². The lowest BCUT2D eigenvalue weighted by Crippen LogP contribution is -2.52. The van der Waals surface area contributed by atoms with Crippen LogP contribution in [-0.4, -0.2) is 60.4 Å². The van der Waals surface area contributed by atoms with E-state index in [4.69, 9.17) is 15.7 Å². The highest BCUT2D eigenvalue weighted by atomic mass is 32.2. The van der Waals surface area contributed by atoms with E-state index in [1.165, 1.54) is 12.1 Å². The van der Waals surface area contributed by atoms with Gasteiger partial charge in [-0.05, 0) is 43.4 Å². The van der Waals surface area contributed by atoms with Crippen LogP contribution in [0.1, 0.15) is 31.2 Å². The Morgan fingerprint density at radius 3 is 2.03 bits per heavy atom. The lowest BCUT2D eigenvalue weighted by atomic mass is 9.76. The van der Waals surface area contributed by atoms with Crippen molar-refractivity contribution in [3.8, 4) is 0 Å². The van der Waals surface area contributed by atoms with Crippen molar-refractivity contribution >= 4 is 35.0 Å². The molecule has 12 nitrogen and oxygen atoms in total. The highest BCUT2D eigenvalue weighted by Crippen LogP contribution is 2.46. The van der Waals surface area contributed by atoms with Crippen molar-refractivity contribution in [2.24, 2.45) is 11.1 Å². The van der Waals surface area contributed by atoms with E-state index in [0.29, 0.717) is 32.4 Å². The van der Waals surface area contributed by atoms with Crippen LogP contribution in [0.25, 0.3) is 0 Å². The highest BCUT2D eigenvalue weighted by molar-refractivity contribution is 7.85. The van der Waals surface area contributed by atoms with Gasteiger partial charge in [-0.3, -0.25) is 19.6 Å². The monoisotopic (exact) mass is 533 g/mol. The number of guanidine groups is 1. The lowest BCUT2D eigenvalue weighted by molar-refractivity contribution is -0.137. The van der Waals surface area contributed by atoms with Gasteiger partial charge >= 0.3 is 7.12 Å². The molecule has 2 aromatic carbocycles. The van der Waals surface area contributed by atoms with Gasteiger partial charge in [0.1, 0.15) is 5.41 Å². The molecule has 1 fully saturated rings. The first-order valence-corrected chi connectivity index (χ1v) is 13.0. The molecule has 1 aliphatic rings. The van der Waals surface area contributed by atoms with E-state index in [1.807, 2.05) is 30.3 Å². The molecule has 1 aliphatic carbocycles. The Morgan fingerprint density at radius 1 is 1.00 bits per heavy atom. The fourth-order valence-electron chi connectivity index (χ4n) is 3.37. The Bertz CT molecular complexity index is 1150. The number of hydrogen-bond acceptors (Lipinski definition) is 7. The van der Waals surface area contributed by atoms with Gasteiger partial charge in [-0.15, -0.1) is 0 Å². The molecule has 3 rings (SSSR count). The molecular formula is C23H32BN5O7S. The molecule has 37 heavy (non-hydrogen) atoms. The summed E-state index contributed by atoms with van der Waals surface area (Å²) in [6, 6.07) is 16.8. The van der Waals surface area contributed by atoms with Gasteiger partial charge in [-0.2, -0.15) is 8.42 Å². The molecule has 2 amide bonds. The van der Waals surface area contributed by atoms with Gasteiger partial charge in [-0.25, -0.2) is 0 Å². The van der Waals surface area contributed by atoms with Crippen LogP contribution in [0.2, 0.25) is 0 Å². The van der Waals surface area contributed by atoms with Gasteiger partial charge < -0.3 is 31.7 Å². The number of nitrogens with one attached hydrogen (secondary N) is 4. The minimum atomic E-state index is -4.00. The largest absolute Gasteiger partial charge is 0.475 e. The van der Waals surface area contributed by atoms with Crippen LogP contribution in [0.4, 0.5) is 0 Å². The fourth-order valence-corrected chi connectivity index (χ4v) is 3.87. The van der Waals surface area contributed by atoms with Gasteiger partial charge in [0.2, 0.25) is 11.8 Å². The highest BCUT2D eigenvalue weighted by Gasteiger charge is 2.57. The lowest BCUT2D eigenvalue weighted by Gasteiger charge is -2.22. The first-order valence-electron chi connectivity index (χ1n) is 11.6. The maximum atomic E-state index is 12.6. The van der Waals surface area contributed by atoms with Gasteiger partial charge in [-0.1, -0.05) is 48.5 Å². The van der Waals surface area contributed by atoms with Crippen LogP contribution in [0.15, 0.2) is 65.6 Å². The number of rotatable bonds is 11. The Balaban J connectivity index is 0.000000402. The van der Waals surface area contributed by atoms with Gasteiger partial charge in [0.05, 0.1) is 10.8 Å². The number of carbonyl (C=O) groups is 2. The van der Waals surface area contributed by atoms with Crippen molar-refractivity contribution in [3.63, 3.8) is 0 Å². The third kappa shape index (κ3) is 9.84. The molecule has 200 valence electrons. The Hall–Kier alpha value is -3.46. The van der Waals surface area contributed by atoms with E-state index in [0.717, 1.165) is 5.56 Å². The molecule has 14 heteroatoms. The van der Waals surface area contributed by atoms with E-state index in [-0.39, 0.29) is 23.2 Å². The Labute approximate surface area is 216 Å². The van der Waals surface area contributed by atoms with Gasteiger partial charge in [0.15, 0.2) is 5.96 Å². The van der Waals surface area contributed by atoms with E-state index in [1.54, 1.807) is 18.2 Å².